The Kier molecular flexibility index (Phi) is 7.84. The fourth-order valence-corrected chi connectivity index (χ4v) is 9.28. The Morgan fingerprint density at radius 3 is 1.72 bits per heavy atom. The second kappa shape index (κ2) is 13.4. The molecule has 0 saturated carbocycles. The Hall–Kier alpha value is -7.36. The lowest BCUT2D eigenvalue weighted by molar-refractivity contribution is 0.660. The van der Waals surface area contributed by atoms with Gasteiger partial charge in [-0.1, -0.05) is 153 Å². The zero-order valence-electron chi connectivity index (χ0n) is 32.4. The highest BCUT2D eigenvalue weighted by atomic mass is 16.3. The van der Waals surface area contributed by atoms with Crippen molar-refractivity contribution in [3.05, 3.63) is 217 Å². The summed E-state index contributed by atoms with van der Waals surface area (Å²) in [5.41, 5.74) is 16.0. The van der Waals surface area contributed by atoms with Crippen molar-refractivity contribution in [2.75, 3.05) is 9.80 Å². The Morgan fingerprint density at radius 2 is 0.948 bits per heavy atom. The number of hydrogen-bond acceptors (Lipinski definition) is 3. The van der Waals surface area contributed by atoms with E-state index in [0.29, 0.717) is 0 Å². The Balaban J connectivity index is 1.02. The lowest BCUT2D eigenvalue weighted by atomic mass is 9.82. The zero-order valence-corrected chi connectivity index (χ0v) is 32.4. The van der Waals surface area contributed by atoms with Crippen LogP contribution in [-0.2, 0) is 5.41 Å². The first-order valence-electron chi connectivity index (χ1n) is 20.0. The van der Waals surface area contributed by atoms with Gasteiger partial charge in [0.15, 0.2) is 5.58 Å². The van der Waals surface area contributed by atoms with Crippen LogP contribution in [0.4, 0.5) is 34.1 Å². The van der Waals surface area contributed by atoms with Crippen molar-refractivity contribution in [2.45, 2.75) is 19.3 Å². The predicted molar refractivity (Wildman–Crippen MR) is 244 cm³/mol. The van der Waals surface area contributed by atoms with Crippen LogP contribution >= 0.6 is 0 Å². The van der Waals surface area contributed by atoms with Crippen LogP contribution in [0.5, 0.6) is 0 Å². The highest BCUT2D eigenvalue weighted by Gasteiger charge is 2.35. The summed E-state index contributed by atoms with van der Waals surface area (Å²) in [6, 6.07) is 74.2. The van der Waals surface area contributed by atoms with Crippen molar-refractivity contribution < 1.29 is 4.42 Å². The fourth-order valence-electron chi connectivity index (χ4n) is 9.28. The standard InChI is InChI=1S/C55H40N2O/c1-55(2)49-25-13-11-21-44(49)48-36-41(32-34-50(48)55)56(38-16-5-3-6-17-38)40-30-28-37(29-31-40)42-33-35-51(45-22-10-9-20-43(42)45)57(39-18-7-4-8-19-39)52-26-15-24-47-46-23-12-14-27-53(46)58-54(47)52/h3-36H,1-2H3. The normalized spacial score (nSPS) is 12.8. The molecule has 1 aliphatic carbocycles. The summed E-state index contributed by atoms with van der Waals surface area (Å²) < 4.78 is 6.61. The van der Waals surface area contributed by atoms with Crippen molar-refractivity contribution in [2.24, 2.45) is 0 Å². The van der Waals surface area contributed by atoms with E-state index < -0.39 is 0 Å². The first-order valence-corrected chi connectivity index (χ1v) is 20.0. The molecule has 11 rings (SSSR count). The largest absolute Gasteiger partial charge is 0.454 e. The van der Waals surface area contributed by atoms with Crippen molar-refractivity contribution >= 4 is 66.8 Å². The summed E-state index contributed by atoms with van der Waals surface area (Å²) in [4.78, 5) is 4.71. The summed E-state index contributed by atoms with van der Waals surface area (Å²) in [6.07, 6.45) is 0. The average Bonchev–Trinajstić information content (AvgIpc) is 3.77. The van der Waals surface area contributed by atoms with Crippen molar-refractivity contribution in [3.8, 4) is 22.3 Å². The molecule has 9 aromatic carbocycles. The summed E-state index contributed by atoms with van der Waals surface area (Å²) in [5.74, 6) is 0. The number of rotatable bonds is 7. The van der Waals surface area contributed by atoms with E-state index in [1.54, 1.807) is 0 Å². The number of para-hydroxylation sites is 4. The smallest absolute Gasteiger partial charge is 0.159 e. The molecule has 0 fully saturated rings. The molecule has 0 atom stereocenters. The third-order valence-electron chi connectivity index (χ3n) is 12.1. The molecule has 276 valence electrons. The van der Waals surface area contributed by atoms with Gasteiger partial charge in [-0.05, 0) is 105 Å². The van der Waals surface area contributed by atoms with Gasteiger partial charge in [-0.2, -0.15) is 0 Å². The summed E-state index contributed by atoms with van der Waals surface area (Å²) in [5, 5.41) is 4.57. The zero-order chi connectivity index (χ0) is 38.8. The second-order valence-electron chi connectivity index (χ2n) is 15.7. The van der Waals surface area contributed by atoms with Crippen LogP contribution < -0.4 is 9.80 Å². The second-order valence-corrected chi connectivity index (χ2v) is 15.7. The number of furan rings is 1. The molecule has 0 spiro atoms. The Bertz CT molecular complexity index is 3140. The molecule has 0 bridgehead atoms. The van der Waals surface area contributed by atoms with E-state index in [2.05, 4.69) is 218 Å². The maximum atomic E-state index is 6.61. The minimum atomic E-state index is -0.0408. The summed E-state index contributed by atoms with van der Waals surface area (Å²) >= 11 is 0. The number of nitrogens with zero attached hydrogens (tertiary/aromatic N) is 2. The Morgan fingerprint density at radius 1 is 0.362 bits per heavy atom. The van der Waals surface area contributed by atoms with E-state index in [-0.39, 0.29) is 5.41 Å². The van der Waals surface area contributed by atoms with Crippen LogP contribution in [-0.4, -0.2) is 0 Å². The Labute approximate surface area is 338 Å². The average molecular weight is 745 g/mol. The van der Waals surface area contributed by atoms with E-state index >= 15 is 0 Å². The lowest BCUT2D eigenvalue weighted by Gasteiger charge is -2.28. The number of benzene rings is 9. The first kappa shape index (κ1) is 33.9. The van der Waals surface area contributed by atoms with E-state index in [1.807, 2.05) is 12.1 Å². The van der Waals surface area contributed by atoms with Crippen molar-refractivity contribution in [1.29, 1.82) is 0 Å². The lowest BCUT2D eigenvalue weighted by Crippen LogP contribution is -2.15. The minimum absolute atomic E-state index is 0.0408. The minimum Gasteiger partial charge on any atom is -0.454 e. The first-order chi connectivity index (χ1) is 28.5. The molecule has 0 aliphatic heterocycles. The van der Waals surface area contributed by atoms with E-state index in [4.69, 9.17) is 4.42 Å². The van der Waals surface area contributed by atoms with E-state index in [9.17, 15) is 0 Å². The molecule has 0 saturated heterocycles. The number of hydrogen-bond donors (Lipinski definition) is 0. The summed E-state index contributed by atoms with van der Waals surface area (Å²) in [6.45, 7) is 4.67. The highest BCUT2D eigenvalue weighted by Crippen LogP contribution is 2.51. The van der Waals surface area contributed by atoms with Crippen LogP contribution in [0.1, 0.15) is 25.0 Å². The van der Waals surface area contributed by atoms with Gasteiger partial charge in [0, 0.05) is 44.3 Å². The molecule has 0 amide bonds. The predicted octanol–water partition coefficient (Wildman–Crippen LogP) is 15.7. The van der Waals surface area contributed by atoms with Crippen LogP contribution in [0.3, 0.4) is 0 Å². The molecule has 0 unspecified atom stereocenters. The van der Waals surface area contributed by atoms with Gasteiger partial charge in [-0.25, -0.2) is 0 Å². The quantitative estimate of drug-likeness (QED) is 0.162. The van der Waals surface area contributed by atoms with Gasteiger partial charge in [0.2, 0.25) is 0 Å². The SMILES string of the molecule is CC1(C)c2ccccc2-c2cc(N(c3ccccc3)c3ccc(-c4ccc(N(c5ccccc5)c5cccc6c5oc5ccccc56)c5ccccc45)cc3)ccc21. The molecular weight excluding hydrogens is 705 g/mol. The fraction of sp³-hybridized carbons (Fsp3) is 0.0545. The maximum Gasteiger partial charge on any atom is 0.159 e. The maximum absolute atomic E-state index is 6.61. The molecular formula is C55H40N2O. The van der Waals surface area contributed by atoms with Gasteiger partial charge < -0.3 is 14.2 Å². The van der Waals surface area contributed by atoms with Gasteiger partial charge in [0.1, 0.15) is 5.58 Å². The van der Waals surface area contributed by atoms with E-state index in [0.717, 1.165) is 67.0 Å². The topological polar surface area (TPSA) is 19.6 Å². The monoisotopic (exact) mass is 744 g/mol. The van der Waals surface area contributed by atoms with Gasteiger partial charge in [0.25, 0.3) is 0 Å². The van der Waals surface area contributed by atoms with Crippen LogP contribution in [0.15, 0.2) is 211 Å². The number of fused-ring (bicyclic) bond motifs is 7. The van der Waals surface area contributed by atoms with Gasteiger partial charge in [0.05, 0.1) is 11.4 Å². The third-order valence-corrected chi connectivity index (χ3v) is 12.1. The highest BCUT2D eigenvalue weighted by molar-refractivity contribution is 6.12. The van der Waals surface area contributed by atoms with Crippen LogP contribution in [0.2, 0.25) is 0 Å². The molecule has 3 nitrogen and oxygen atoms in total. The van der Waals surface area contributed by atoms with Crippen LogP contribution in [0, 0.1) is 0 Å². The molecule has 0 radical (unpaired) electrons. The molecule has 10 aromatic rings. The summed E-state index contributed by atoms with van der Waals surface area (Å²) in [7, 11) is 0. The molecule has 58 heavy (non-hydrogen) atoms. The molecule has 3 heteroatoms. The van der Waals surface area contributed by atoms with E-state index in [1.165, 1.54) is 33.2 Å². The van der Waals surface area contributed by atoms with Gasteiger partial charge in [-0.3, -0.25) is 0 Å². The third kappa shape index (κ3) is 5.35. The van der Waals surface area contributed by atoms with Gasteiger partial charge in [-0.15, -0.1) is 0 Å². The molecule has 1 aliphatic rings. The van der Waals surface area contributed by atoms with Crippen LogP contribution in [0.25, 0.3) is 55.0 Å². The van der Waals surface area contributed by atoms with Crippen molar-refractivity contribution in [3.63, 3.8) is 0 Å². The van der Waals surface area contributed by atoms with Crippen molar-refractivity contribution in [1.82, 2.24) is 0 Å². The molecule has 0 N–H and O–H groups in total. The van der Waals surface area contributed by atoms with Gasteiger partial charge >= 0.3 is 0 Å². The molecule has 1 heterocycles. The number of anilines is 6. The molecule has 1 aromatic heterocycles.